The Labute approximate surface area is 161 Å². The first-order valence-corrected chi connectivity index (χ1v) is 10.8. The fraction of sp³-hybridized carbons (Fsp3) is 0.739. The van der Waals surface area contributed by atoms with Crippen LogP contribution in [0.15, 0.2) is 18.2 Å². The summed E-state index contributed by atoms with van der Waals surface area (Å²) in [6.07, 6.45) is 10.7. The summed E-state index contributed by atoms with van der Waals surface area (Å²) in [5, 5.41) is 0. The molecule has 1 aromatic rings. The number of halogens is 3. The zero-order chi connectivity index (χ0) is 19.3. The quantitative estimate of drug-likeness (QED) is 0.445. The summed E-state index contributed by atoms with van der Waals surface area (Å²) in [5.74, 6) is 2.35. The third-order valence-corrected chi connectivity index (χ3v) is 6.70. The second-order valence-electron chi connectivity index (χ2n) is 8.61. The van der Waals surface area contributed by atoms with Crippen molar-refractivity contribution in [2.45, 2.75) is 90.3 Å². The lowest BCUT2D eigenvalue weighted by molar-refractivity contribution is -0.274. The molecular formula is C23H33F3O. The molecule has 1 nitrogen and oxygen atoms in total. The van der Waals surface area contributed by atoms with Gasteiger partial charge in [-0.3, -0.25) is 0 Å². The predicted octanol–water partition coefficient (Wildman–Crippen LogP) is 7.47. The molecule has 2 aliphatic rings. The van der Waals surface area contributed by atoms with E-state index in [-0.39, 0.29) is 5.75 Å². The number of hydrogen-bond acceptors (Lipinski definition) is 1. The maximum Gasteiger partial charge on any atom is 0.573 e. The number of ether oxygens (including phenoxy) is 1. The van der Waals surface area contributed by atoms with Crippen molar-refractivity contribution in [3.05, 3.63) is 29.3 Å². The van der Waals surface area contributed by atoms with Crippen LogP contribution >= 0.6 is 0 Å². The Hall–Kier alpha value is -1.19. The number of benzene rings is 1. The fourth-order valence-corrected chi connectivity index (χ4v) is 5.17. The Bertz CT molecular complexity index is 588. The molecule has 0 radical (unpaired) electrons. The van der Waals surface area contributed by atoms with Crippen LogP contribution in [0.25, 0.3) is 0 Å². The molecule has 1 fully saturated rings. The lowest BCUT2D eigenvalue weighted by atomic mass is 9.69. The van der Waals surface area contributed by atoms with E-state index in [1.807, 2.05) is 6.07 Å². The van der Waals surface area contributed by atoms with Crippen LogP contribution in [0.2, 0.25) is 0 Å². The lowest BCUT2D eigenvalue weighted by Gasteiger charge is -2.36. The fourth-order valence-electron chi connectivity index (χ4n) is 5.17. The van der Waals surface area contributed by atoms with E-state index in [1.165, 1.54) is 69.4 Å². The molecule has 1 saturated carbocycles. The van der Waals surface area contributed by atoms with Crippen LogP contribution in [-0.2, 0) is 12.8 Å². The van der Waals surface area contributed by atoms with Crippen LogP contribution in [0.3, 0.4) is 0 Å². The molecule has 152 valence electrons. The van der Waals surface area contributed by atoms with E-state index in [0.717, 1.165) is 36.7 Å². The Morgan fingerprint density at radius 1 is 0.926 bits per heavy atom. The van der Waals surface area contributed by atoms with Gasteiger partial charge >= 0.3 is 6.36 Å². The smallest absolute Gasteiger partial charge is 0.406 e. The van der Waals surface area contributed by atoms with Crippen molar-refractivity contribution in [3.63, 3.8) is 0 Å². The summed E-state index contributed by atoms with van der Waals surface area (Å²) in [4.78, 5) is 0. The summed E-state index contributed by atoms with van der Waals surface area (Å²) in [7, 11) is 0. The van der Waals surface area contributed by atoms with Crippen molar-refractivity contribution in [2.75, 3.05) is 0 Å². The van der Waals surface area contributed by atoms with Gasteiger partial charge in [-0.2, -0.15) is 0 Å². The molecule has 0 aromatic heterocycles. The standard InChI is InChI=1S/C23H33F3O/c1-2-3-4-5-6-17-7-9-18(10-8-17)19-11-12-21-16-22(27-23(24,25)26)14-13-20(21)15-19/h13-14,16-19H,2-12,15H2,1H3. The zero-order valence-corrected chi connectivity index (χ0v) is 16.5. The minimum Gasteiger partial charge on any atom is -0.406 e. The summed E-state index contributed by atoms with van der Waals surface area (Å²) in [6.45, 7) is 2.26. The van der Waals surface area contributed by atoms with Crippen LogP contribution in [0.4, 0.5) is 13.2 Å². The Kier molecular flexibility index (Phi) is 7.10. The van der Waals surface area contributed by atoms with Gasteiger partial charge in [-0.25, -0.2) is 0 Å². The Morgan fingerprint density at radius 3 is 2.41 bits per heavy atom. The molecule has 0 spiro atoms. The van der Waals surface area contributed by atoms with E-state index in [2.05, 4.69) is 11.7 Å². The number of hydrogen-bond donors (Lipinski definition) is 0. The van der Waals surface area contributed by atoms with Crippen LogP contribution in [0, 0.1) is 17.8 Å². The van der Waals surface area contributed by atoms with E-state index in [9.17, 15) is 13.2 Å². The maximum atomic E-state index is 12.4. The van der Waals surface area contributed by atoms with Crippen LogP contribution < -0.4 is 4.74 Å². The molecular weight excluding hydrogens is 349 g/mol. The first-order chi connectivity index (χ1) is 12.9. The van der Waals surface area contributed by atoms with E-state index in [4.69, 9.17) is 0 Å². The molecule has 1 aromatic carbocycles. The molecule has 0 N–H and O–H groups in total. The summed E-state index contributed by atoms with van der Waals surface area (Å²) >= 11 is 0. The van der Waals surface area contributed by atoms with Gasteiger partial charge in [-0.05, 0) is 73.1 Å². The van der Waals surface area contributed by atoms with E-state index < -0.39 is 6.36 Å². The second-order valence-corrected chi connectivity index (χ2v) is 8.61. The average Bonchev–Trinajstić information content (AvgIpc) is 2.64. The van der Waals surface area contributed by atoms with Gasteiger partial charge in [0.2, 0.25) is 0 Å². The summed E-state index contributed by atoms with van der Waals surface area (Å²) < 4.78 is 41.3. The zero-order valence-electron chi connectivity index (χ0n) is 16.5. The number of unbranched alkanes of at least 4 members (excludes halogenated alkanes) is 3. The van der Waals surface area contributed by atoms with Crippen molar-refractivity contribution in [2.24, 2.45) is 17.8 Å². The first kappa shape index (κ1) is 20.5. The minimum absolute atomic E-state index is 0.0803. The van der Waals surface area contributed by atoms with E-state index >= 15 is 0 Å². The van der Waals surface area contributed by atoms with Gasteiger partial charge < -0.3 is 4.74 Å². The molecule has 0 heterocycles. The molecule has 0 aliphatic heterocycles. The van der Waals surface area contributed by atoms with E-state index in [0.29, 0.717) is 5.92 Å². The molecule has 2 aliphatic carbocycles. The van der Waals surface area contributed by atoms with Crippen molar-refractivity contribution in [3.8, 4) is 5.75 Å². The molecule has 0 amide bonds. The highest BCUT2D eigenvalue weighted by molar-refractivity contribution is 5.37. The van der Waals surface area contributed by atoms with Gasteiger partial charge in [0.25, 0.3) is 0 Å². The summed E-state index contributed by atoms with van der Waals surface area (Å²) in [6, 6.07) is 4.91. The third kappa shape index (κ3) is 6.15. The molecule has 27 heavy (non-hydrogen) atoms. The number of rotatable bonds is 7. The normalized spacial score (nSPS) is 25.9. The van der Waals surface area contributed by atoms with Crippen LogP contribution in [0.5, 0.6) is 5.75 Å². The van der Waals surface area contributed by atoms with Crippen LogP contribution in [0.1, 0.15) is 82.3 Å². The molecule has 0 saturated heterocycles. The highest BCUT2D eigenvalue weighted by Crippen LogP contribution is 2.41. The monoisotopic (exact) mass is 382 g/mol. The number of fused-ring (bicyclic) bond motifs is 1. The Morgan fingerprint density at radius 2 is 1.70 bits per heavy atom. The molecule has 1 atom stereocenters. The van der Waals surface area contributed by atoms with Gasteiger partial charge in [-0.15, -0.1) is 13.2 Å². The predicted molar refractivity (Wildman–Crippen MR) is 103 cm³/mol. The minimum atomic E-state index is -4.61. The van der Waals surface area contributed by atoms with Gasteiger partial charge in [0.05, 0.1) is 0 Å². The van der Waals surface area contributed by atoms with Crippen molar-refractivity contribution < 1.29 is 17.9 Å². The number of alkyl halides is 3. The van der Waals surface area contributed by atoms with Gasteiger partial charge in [0.15, 0.2) is 0 Å². The maximum absolute atomic E-state index is 12.4. The summed E-state index contributed by atoms with van der Waals surface area (Å²) in [5.41, 5.74) is 2.26. The third-order valence-electron chi connectivity index (χ3n) is 6.70. The first-order valence-electron chi connectivity index (χ1n) is 10.8. The molecule has 3 rings (SSSR count). The van der Waals surface area contributed by atoms with Crippen molar-refractivity contribution in [1.29, 1.82) is 0 Å². The SMILES string of the molecule is CCCCCCC1CCC(C2CCc3cc(OC(F)(F)F)ccc3C2)CC1. The largest absolute Gasteiger partial charge is 0.573 e. The van der Waals surface area contributed by atoms with Gasteiger partial charge in [-0.1, -0.05) is 57.9 Å². The highest BCUT2D eigenvalue weighted by atomic mass is 19.4. The lowest BCUT2D eigenvalue weighted by Crippen LogP contribution is -2.26. The highest BCUT2D eigenvalue weighted by Gasteiger charge is 2.33. The van der Waals surface area contributed by atoms with E-state index in [1.54, 1.807) is 6.07 Å². The van der Waals surface area contributed by atoms with Crippen molar-refractivity contribution >= 4 is 0 Å². The van der Waals surface area contributed by atoms with Gasteiger partial charge in [0.1, 0.15) is 5.75 Å². The second kappa shape index (κ2) is 9.34. The topological polar surface area (TPSA) is 9.23 Å². The molecule has 4 heteroatoms. The van der Waals surface area contributed by atoms with Crippen molar-refractivity contribution in [1.82, 2.24) is 0 Å². The number of aryl methyl sites for hydroxylation is 1. The van der Waals surface area contributed by atoms with Gasteiger partial charge in [0, 0.05) is 0 Å². The average molecular weight is 383 g/mol. The molecule has 1 unspecified atom stereocenters. The molecule has 0 bridgehead atoms. The van der Waals surface area contributed by atoms with Crippen LogP contribution in [-0.4, -0.2) is 6.36 Å². The Balaban J connectivity index is 1.47.